The SMILES string of the molecule is C(#Cc1cc2ccccc2c2ccccc12)c1ccccc1-n1cccc1. The van der Waals surface area contributed by atoms with Gasteiger partial charge in [0.05, 0.1) is 5.69 Å². The van der Waals surface area contributed by atoms with Gasteiger partial charge in [-0.05, 0) is 51.9 Å². The van der Waals surface area contributed by atoms with Gasteiger partial charge in [-0.3, -0.25) is 0 Å². The van der Waals surface area contributed by atoms with Gasteiger partial charge in [-0.2, -0.15) is 0 Å². The molecule has 1 nitrogen and oxygen atoms in total. The molecule has 126 valence electrons. The smallest absolute Gasteiger partial charge is 0.0606 e. The Morgan fingerprint density at radius 3 is 2.00 bits per heavy atom. The molecule has 0 N–H and O–H groups in total. The Bertz CT molecular complexity index is 1310. The van der Waals surface area contributed by atoms with Crippen molar-refractivity contribution in [2.45, 2.75) is 0 Å². The quantitative estimate of drug-likeness (QED) is 0.253. The second kappa shape index (κ2) is 6.52. The Labute approximate surface area is 158 Å². The maximum atomic E-state index is 3.44. The first-order valence-corrected chi connectivity index (χ1v) is 9.05. The largest absolute Gasteiger partial charge is 0.323 e. The molecule has 0 aliphatic carbocycles. The lowest BCUT2D eigenvalue weighted by atomic mass is 9.97. The van der Waals surface area contributed by atoms with Crippen LogP contribution in [-0.4, -0.2) is 4.57 Å². The van der Waals surface area contributed by atoms with Crippen molar-refractivity contribution >= 4 is 21.5 Å². The zero-order valence-electron chi connectivity index (χ0n) is 14.8. The summed E-state index contributed by atoms with van der Waals surface area (Å²) in [5, 5.41) is 4.94. The Hall–Kier alpha value is -3.76. The summed E-state index contributed by atoms with van der Waals surface area (Å²) >= 11 is 0. The maximum absolute atomic E-state index is 3.44. The molecule has 0 fully saturated rings. The van der Waals surface area contributed by atoms with Crippen molar-refractivity contribution in [3.05, 3.63) is 115 Å². The summed E-state index contributed by atoms with van der Waals surface area (Å²) < 4.78 is 2.10. The van der Waals surface area contributed by atoms with Crippen LogP contribution in [0, 0.1) is 11.8 Å². The molecule has 1 heteroatoms. The number of aromatic nitrogens is 1. The molecular formula is C26H17N. The highest BCUT2D eigenvalue weighted by Gasteiger charge is 2.05. The van der Waals surface area contributed by atoms with Gasteiger partial charge in [0.2, 0.25) is 0 Å². The minimum atomic E-state index is 1.02. The van der Waals surface area contributed by atoms with E-state index in [1.165, 1.54) is 21.5 Å². The Kier molecular flexibility index (Phi) is 3.74. The summed E-state index contributed by atoms with van der Waals surface area (Å²) in [6, 6.07) is 31.5. The molecule has 4 aromatic carbocycles. The first-order chi connectivity index (χ1) is 13.4. The van der Waals surface area contributed by atoms with E-state index in [-0.39, 0.29) is 0 Å². The number of rotatable bonds is 1. The Morgan fingerprint density at radius 1 is 0.519 bits per heavy atom. The number of benzene rings is 4. The standard InChI is InChI=1S/C26H17N/c1-3-11-23-21(10-1)19-22(24-12-4-5-13-25(23)24)16-15-20-9-2-6-14-26(20)27-17-7-8-18-27/h1-14,17-19H. The van der Waals surface area contributed by atoms with E-state index in [9.17, 15) is 0 Å². The molecule has 0 bridgehead atoms. The van der Waals surface area contributed by atoms with Gasteiger partial charge in [0, 0.05) is 23.5 Å². The van der Waals surface area contributed by atoms with Crippen LogP contribution in [0.15, 0.2) is 103 Å². The van der Waals surface area contributed by atoms with Crippen molar-refractivity contribution < 1.29 is 0 Å². The summed E-state index contributed by atoms with van der Waals surface area (Å²) in [6.45, 7) is 0. The van der Waals surface area contributed by atoms with Crippen LogP contribution in [0.1, 0.15) is 11.1 Å². The van der Waals surface area contributed by atoms with Crippen molar-refractivity contribution in [3.63, 3.8) is 0 Å². The molecule has 5 aromatic rings. The van der Waals surface area contributed by atoms with Crippen LogP contribution in [-0.2, 0) is 0 Å². The molecule has 0 aliphatic rings. The lowest BCUT2D eigenvalue weighted by molar-refractivity contribution is 1.07. The lowest BCUT2D eigenvalue weighted by Crippen LogP contribution is -1.93. The minimum absolute atomic E-state index is 1.02. The molecule has 1 heterocycles. The van der Waals surface area contributed by atoms with Crippen LogP contribution in [0.4, 0.5) is 0 Å². The first-order valence-electron chi connectivity index (χ1n) is 9.05. The Morgan fingerprint density at radius 2 is 1.15 bits per heavy atom. The highest BCUT2D eigenvalue weighted by atomic mass is 14.9. The average Bonchev–Trinajstić information content (AvgIpc) is 3.27. The van der Waals surface area contributed by atoms with Crippen molar-refractivity contribution in [2.24, 2.45) is 0 Å². The van der Waals surface area contributed by atoms with Crippen LogP contribution in [0.3, 0.4) is 0 Å². The van der Waals surface area contributed by atoms with Crippen LogP contribution in [0.25, 0.3) is 27.2 Å². The third-order valence-electron chi connectivity index (χ3n) is 4.89. The topological polar surface area (TPSA) is 4.93 Å². The van der Waals surface area contributed by atoms with E-state index in [0.717, 1.165) is 16.8 Å². The van der Waals surface area contributed by atoms with E-state index in [0.29, 0.717) is 0 Å². The normalized spacial score (nSPS) is 10.7. The van der Waals surface area contributed by atoms with Crippen molar-refractivity contribution in [1.82, 2.24) is 4.57 Å². The molecule has 5 rings (SSSR count). The number of fused-ring (bicyclic) bond motifs is 3. The molecule has 0 saturated heterocycles. The molecule has 0 aliphatic heterocycles. The van der Waals surface area contributed by atoms with Crippen LogP contribution >= 0.6 is 0 Å². The number of nitrogens with zero attached hydrogens (tertiary/aromatic N) is 1. The van der Waals surface area contributed by atoms with E-state index in [1.807, 2.05) is 36.7 Å². The average molecular weight is 343 g/mol. The van der Waals surface area contributed by atoms with Gasteiger partial charge in [-0.25, -0.2) is 0 Å². The van der Waals surface area contributed by atoms with Crippen LogP contribution in [0.5, 0.6) is 0 Å². The number of hydrogen-bond donors (Lipinski definition) is 0. The van der Waals surface area contributed by atoms with E-state index in [4.69, 9.17) is 0 Å². The molecule has 27 heavy (non-hydrogen) atoms. The van der Waals surface area contributed by atoms with Gasteiger partial charge in [0.15, 0.2) is 0 Å². The van der Waals surface area contributed by atoms with E-state index in [2.05, 4.69) is 83.1 Å². The number of para-hydroxylation sites is 1. The van der Waals surface area contributed by atoms with Crippen LogP contribution in [0.2, 0.25) is 0 Å². The monoisotopic (exact) mass is 343 g/mol. The summed E-state index contributed by atoms with van der Waals surface area (Å²) in [5.41, 5.74) is 3.18. The molecule has 0 saturated carbocycles. The summed E-state index contributed by atoms with van der Waals surface area (Å²) in [6.07, 6.45) is 4.10. The van der Waals surface area contributed by atoms with Gasteiger partial charge in [-0.1, -0.05) is 72.5 Å². The highest BCUT2D eigenvalue weighted by molar-refractivity contribution is 6.09. The molecule has 0 amide bonds. The third-order valence-corrected chi connectivity index (χ3v) is 4.89. The Balaban J connectivity index is 1.71. The first kappa shape index (κ1) is 15.5. The number of hydrogen-bond acceptors (Lipinski definition) is 0. The zero-order chi connectivity index (χ0) is 18.1. The fraction of sp³-hybridized carbons (Fsp3) is 0. The maximum Gasteiger partial charge on any atom is 0.0606 e. The van der Waals surface area contributed by atoms with Crippen molar-refractivity contribution in [1.29, 1.82) is 0 Å². The fourth-order valence-corrected chi connectivity index (χ4v) is 3.59. The van der Waals surface area contributed by atoms with Gasteiger partial charge in [0.25, 0.3) is 0 Å². The molecule has 0 spiro atoms. The zero-order valence-corrected chi connectivity index (χ0v) is 14.8. The predicted octanol–water partition coefficient (Wildman–Crippen LogP) is 6.18. The van der Waals surface area contributed by atoms with E-state index >= 15 is 0 Å². The van der Waals surface area contributed by atoms with E-state index in [1.54, 1.807) is 0 Å². The predicted molar refractivity (Wildman–Crippen MR) is 113 cm³/mol. The van der Waals surface area contributed by atoms with Crippen LogP contribution < -0.4 is 0 Å². The lowest BCUT2D eigenvalue weighted by Gasteiger charge is -2.07. The molecular weight excluding hydrogens is 326 g/mol. The molecule has 0 unspecified atom stereocenters. The van der Waals surface area contributed by atoms with Gasteiger partial charge in [0.1, 0.15) is 0 Å². The third kappa shape index (κ3) is 2.78. The molecule has 0 atom stereocenters. The second-order valence-electron chi connectivity index (χ2n) is 6.55. The van der Waals surface area contributed by atoms with Crippen molar-refractivity contribution in [2.75, 3.05) is 0 Å². The highest BCUT2D eigenvalue weighted by Crippen LogP contribution is 2.28. The summed E-state index contributed by atoms with van der Waals surface area (Å²) in [5.74, 6) is 6.84. The van der Waals surface area contributed by atoms with Gasteiger partial charge < -0.3 is 4.57 Å². The van der Waals surface area contributed by atoms with Crippen molar-refractivity contribution in [3.8, 4) is 17.5 Å². The van der Waals surface area contributed by atoms with Gasteiger partial charge in [-0.15, -0.1) is 0 Å². The minimum Gasteiger partial charge on any atom is -0.323 e. The molecule has 0 radical (unpaired) electrons. The summed E-state index contributed by atoms with van der Waals surface area (Å²) in [7, 11) is 0. The van der Waals surface area contributed by atoms with E-state index < -0.39 is 0 Å². The van der Waals surface area contributed by atoms with Gasteiger partial charge >= 0.3 is 0 Å². The second-order valence-corrected chi connectivity index (χ2v) is 6.55. The fourth-order valence-electron chi connectivity index (χ4n) is 3.59. The molecule has 1 aromatic heterocycles. The summed E-state index contributed by atoms with van der Waals surface area (Å²) in [4.78, 5) is 0.